The standard InChI is InChI=1S/C13H17NO3/c1-17-13(16)12-6-3-7-14(12)11-5-2-4-10(8-11)9-15/h2,4-5,8,12,15H,3,6-7,9H2,1H3/t12-/m1/s1. The molecule has 0 bridgehead atoms. The molecule has 1 fully saturated rings. The molecule has 0 saturated carbocycles. The molecular weight excluding hydrogens is 218 g/mol. The van der Waals surface area contributed by atoms with Crippen LogP contribution in [0.2, 0.25) is 0 Å². The highest BCUT2D eigenvalue weighted by atomic mass is 16.5. The lowest BCUT2D eigenvalue weighted by Gasteiger charge is -2.25. The predicted molar refractivity (Wildman–Crippen MR) is 64.7 cm³/mol. The summed E-state index contributed by atoms with van der Waals surface area (Å²) >= 11 is 0. The van der Waals surface area contributed by atoms with E-state index in [1.54, 1.807) is 0 Å². The van der Waals surface area contributed by atoms with Gasteiger partial charge in [0.1, 0.15) is 6.04 Å². The zero-order valence-electron chi connectivity index (χ0n) is 9.93. The molecule has 0 radical (unpaired) electrons. The van der Waals surface area contributed by atoms with Gasteiger partial charge in [-0.1, -0.05) is 12.1 Å². The molecular formula is C13H17NO3. The van der Waals surface area contributed by atoms with Crippen molar-refractivity contribution in [3.8, 4) is 0 Å². The van der Waals surface area contributed by atoms with Crippen LogP contribution >= 0.6 is 0 Å². The summed E-state index contributed by atoms with van der Waals surface area (Å²) < 4.78 is 4.81. The van der Waals surface area contributed by atoms with Crippen LogP contribution in [0.25, 0.3) is 0 Å². The fourth-order valence-corrected chi connectivity index (χ4v) is 2.29. The number of carbonyl (C=O) groups excluding carboxylic acids is 1. The Morgan fingerprint density at radius 2 is 2.41 bits per heavy atom. The summed E-state index contributed by atoms with van der Waals surface area (Å²) in [6.45, 7) is 0.874. The van der Waals surface area contributed by atoms with Gasteiger partial charge in [0.15, 0.2) is 0 Å². The van der Waals surface area contributed by atoms with Gasteiger partial charge in [-0.05, 0) is 30.5 Å². The van der Waals surface area contributed by atoms with E-state index >= 15 is 0 Å². The maximum absolute atomic E-state index is 11.6. The first-order chi connectivity index (χ1) is 8.26. The maximum atomic E-state index is 11.6. The van der Waals surface area contributed by atoms with Crippen LogP contribution in [0.15, 0.2) is 24.3 Å². The van der Waals surface area contributed by atoms with Crippen LogP contribution in [0.3, 0.4) is 0 Å². The average Bonchev–Trinajstić information content (AvgIpc) is 2.87. The molecule has 1 atom stereocenters. The first-order valence-electron chi connectivity index (χ1n) is 5.80. The minimum atomic E-state index is -0.186. The van der Waals surface area contributed by atoms with E-state index in [2.05, 4.69) is 0 Å². The maximum Gasteiger partial charge on any atom is 0.328 e. The van der Waals surface area contributed by atoms with Crippen molar-refractivity contribution >= 4 is 11.7 Å². The quantitative estimate of drug-likeness (QED) is 0.803. The fraction of sp³-hybridized carbons (Fsp3) is 0.462. The van der Waals surface area contributed by atoms with Gasteiger partial charge >= 0.3 is 5.97 Å². The van der Waals surface area contributed by atoms with Crippen molar-refractivity contribution in [2.45, 2.75) is 25.5 Å². The largest absolute Gasteiger partial charge is 0.467 e. The number of benzene rings is 1. The number of ether oxygens (including phenoxy) is 1. The molecule has 1 aromatic rings. The molecule has 17 heavy (non-hydrogen) atoms. The lowest BCUT2D eigenvalue weighted by atomic mass is 10.1. The molecule has 0 amide bonds. The molecule has 0 spiro atoms. The third-order valence-electron chi connectivity index (χ3n) is 3.15. The zero-order valence-corrected chi connectivity index (χ0v) is 9.93. The van der Waals surface area contributed by atoms with Gasteiger partial charge < -0.3 is 14.7 Å². The number of nitrogens with zero attached hydrogens (tertiary/aromatic N) is 1. The summed E-state index contributed by atoms with van der Waals surface area (Å²) in [4.78, 5) is 13.7. The minimum absolute atomic E-state index is 0.0184. The van der Waals surface area contributed by atoms with Gasteiger partial charge in [0.25, 0.3) is 0 Å². The van der Waals surface area contributed by atoms with Crippen molar-refractivity contribution in [2.24, 2.45) is 0 Å². The summed E-state index contributed by atoms with van der Waals surface area (Å²) in [5, 5.41) is 9.12. The van der Waals surface area contributed by atoms with E-state index in [1.807, 2.05) is 29.2 Å². The smallest absolute Gasteiger partial charge is 0.328 e. The number of carbonyl (C=O) groups is 1. The Morgan fingerprint density at radius 1 is 1.59 bits per heavy atom. The first-order valence-corrected chi connectivity index (χ1v) is 5.80. The highest BCUT2D eigenvalue weighted by Crippen LogP contribution is 2.26. The molecule has 2 rings (SSSR count). The van der Waals surface area contributed by atoms with Crippen molar-refractivity contribution < 1.29 is 14.6 Å². The highest BCUT2D eigenvalue weighted by molar-refractivity contribution is 5.80. The summed E-state index contributed by atoms with van der Waals surface area (Å²) in [5.41, 5.74) is 1.84. The zero-order chi connectivity index (χ0) is 12.3. The molecule has 0 aromatic heterocycles. The van der Waals surface area contributed by atoms with E-state index in [0.29, 0.717) is 0 Å². The predicted octanol–water partition coefficient (Wildman–Crippen LogP) is 1.32. The van der Waals surface area contributed by atoms with Gasteiger partial charge in [0.05, 0.1) is 13.7 Å². The number of hydrogen-bond donors (Lipinski definition) is 1. The Kier molecular flexibility index (Phi) is 3.64. The summed E-state index contributed by atoms with van der Waals surface area (Å²) in [6.07, 6.45) is 1.82. The number of hydrogen-bond acceptors (Lipinski definition) is 4. The number of rotatable bonds is 3. The number of anilines is 1. The van der Waals surface area contributed by atoms with Gasteiger partial charge in [-0.15, -0.1) is 0 Å². The molecule has 1 aliphatic rings. The normalized spacial score (nSPS) is 19.4. The van der Waals surface area contributed by atoms with E-state index in [1.165, 1.54) is 7.11 Å². The average molecular weight is 235 g/mol. The SMILES string of the molecule is COC(=O)[C@H]1CCCN1c1cccc(CO)c1. The Bertz CT molecular complexity index is 405. The topological polar surface area (TPSA) is 49.8 Å². The fourth-order valence-electron chi connectivity index (χ4n) is 2.29. The van der Waals surface area contributed by atoms with E-state index in [0.717, 1.165) is 30.6 Å². The van der Waals surface area contributed by atoms with Gasteiger partial charge in [0.2, 0.25) is 0 Å². The van der Waals surface area contributed by atoms with Crippen molar-refractivity contribution in [1.82, 2.24) is 0 Å². The first kappa shape index (κ1) is 11.9. The van der Waals surface area contributed by atoms with Crippen molar-refractivity contribution in [3.63, 3.8) is 0 Å². The van der Waals surface area contributed by atoms with E-state index < -0.39 is 0 Å². The Labute approximate surface area is 101 Å². The van der Waals surface area contributed by atoms with Gasteiger partial charge in [-0.25, -0.2) is 4.79 Å². The molecule has 1 N–H and O–H groups in total. The number of aliphatic hydroxyl groups excluding tert-OH is 1. The number of methoxy groups -OCH3 is 1. The lowest BCUT2D eigenvalue weighted by molar-refractivity contribution is -0.141. The Morgan fingerprint density at radius 3 is 3.12 bits per heavy atom. The van der Waals surface area contributed by atoms with E-state index in [4.69, 9.17) is 9.84 Å². The minimum Gasteiger partial charge on any atom is -0.467 e. The molecule has 1 heterocycles. The monoisotopic (exact) mass is 235 g/mol. The van der Waals surface area contributed by atoms with Crippen molar-refractivity contribution in [1.29, 1.82) is 0 Å². The van der Waals surface area contributed by atoms with Gasteiger partial charge in [-0.2, -0.15) is 0 Å². The molecule has 1 aliphatic heterocycles. The third kappa shape index (κ3) is 2.42. The molecule has 4 nitrogen and oxygen atoms in total. The second kappa shape index (κ2) is 5.19. The van der Waals surface area contributed by atoms with Crippen LogP contribution in [0, 0.1) is 0 Å². The molecule has 1 saturated heterocycles. The van der Waals surface area contributed by atoms with Crippen LogP contribution < -0.4 is 4.90 Å². The van der Waals surface area contributed by atoms with Crippen LogP contribution in [-0.4, -0.2) is 30.8 Å². The van der Waals surface area contributed by atoms with Crippen molar-refractivity contribution in [2.75, 3.05) is 18.6 Å². The van der Waals surface area contributed by atoms with E-state index in [-0.39, 0.29) is 18.6 Å². The molecule has 4 heteroatoms. The lowest BCUT2D eigenvalue weighted by Crippen LogP contribution is -2.36. The second-order valence-electron chi connectivity index (χ2n) is 4.20. The molecule has 92 valence electrons. The van der Waals surface area contributed by atoms with Crippen LogP contribution in [-0.2, 0) is 16.1 Å². The summed E-state index contributed by atoms with van der Waals surface area (Å²) in [5.74, 6) is -0.183. The Balaban J connectivity index is 2.22. The van der Waals surface area contributed by atoms with Gasteiger partial charge in [0, 0.05) is 12.2 Å². The van der Waals surface area contributed by atoms with Crippen LogP contribution in [0.4, 0.5) is 5.69 Å². The highest BCUT2D eigenvalue weighted by Gasteiger charge is 2.31. The van der Waals surface area contributed by atoms with Gasteiger partial charge in [-0.3, -0.25) is 0 Å². The molecule has 0 aliphatic carbocycles. The second-order valence-corrected chi connectivity index (χ2v) is 4.20. The number of aliphatic hydroxyl groups is 1. The van der Waals surface area contributed by atoms with Crippen molar-refractivity contribution in [3.05, 3.63) is 29.8 Å². The van der Waals surface area contributed by atoms with E-state index in [9.17, 15) is 4.79 Å². The third-order valence-corrected chi connectivity index (χ3v) is 3.15. The molecule has 0 unspecified atom stereocenters. The van der Waals surface area contributed by atoms with Crippen LogP contribution in [0.1, 0.15) is 18.4 Å². The number of esters is 1. The summed E-state index contributed by atoms with van der Waals surface area (Å²) in [6, 6.07) is 7.45. The van der Waals surface area contributed by atoms with Crippen LogP contribution in [0.5, 0.6) is 0 Å². The Hall–Kier alpha value is -1.55. The molecule has 1 aromatic carbocycles. The summed E-state index contributed by atoms with van der Waals surface area (Å²) in [7, 11) is 1.42.